The maximum absolute atomic E-state index is 13.3. The number of benzene rings is 3. The van der Waals surface area contributed by atoms with Crippen LogP contribution in [0.1, 0.15) is 22.3 Å². The molecular formula is C25H22ClN3O4S. The average Bonchev–Trinajstić information content (AvgIpc) is 3.30. The summed E-state index contributed by atoms with van der Waals surface area (Å²) in [4.78, 5) is 13.3. The molecule has 7 nitrogen and oxygen atoms in total. The molecule has 1 N–H and O–H groups in total. The van der Waals surface area contributed by atoms with Crippen molar-refractivity contribution in [1.82, 2.24) is 10.2 Å². The zero-order valence-corrected chi connectivity index (χ0v) is 20.1. The molecule has 3 aromatic carbocycles. The number of para-hydroxylation sites is 1. The van der Waals surface area contributed by atoms with Gasteiger partial charge in [0.05, 0.1) is 17.8 Å². The van der Waals surface area contributed by atoms with Crippen molar-refractivity contribution in [3.05, 3.63) is 94.8 Å². The Balaban J connectivity index is 1.51. The quantitative estimate of drug-likeness (QED) is 0.281. The average molecular weight is 496 g/mol. The summed E-state index contributed by atoms with van der Waals surface area (Å²) >= 11 is 7.27. The van der Waals surface area contributed by atoms with Gasteiger partial charge in [0.2, 0.25) is 5.91 Å². The fourth-order valence-corrected chi connectivity index (χ4v) is 4.25. The summed E-state index contributed by atoms with van der Waals surface area (Å²) in [5.41, 5.74) is 2.39. The molecule has 34 heavy (non-hydrogen) atoms. The lowest BCUT2D eigenvalue weighted by atomic mass is 10.1. The van der Waals surface area contributed by atoms with Crippen LogP contribution in [0.5, 0.6) is 11.5 Å². The lowest BCUT2D eigenvalue weighted by Crippen LogP contribution is -2.19. The highest BCUT2D eigenvalue weighted by Crippen LogP contribution is 2.37. The van der Waals surface area contributed by atoms with Crippen LogP contribution in [0.25, 0.3) is 0 Å². The zero-order chi connectivity index (χ0) is 23.9. The van der Waals surface area contributed by atoms with Crippen molar-refractivity contribution in [1.29, 1.82) is 0 Å². The van der Waals surface area contributed by atoms with Gasteiger partial charge in [0, 0.05) is 0 Å². The summed E-state index contributed by atoms with van der Waals surface area (Å²) in [5, 5.41) is 11.2. The fourth-order valence-electron chi connectivity index (χ4n) is 3.16. The maximum Gasteiger partial charge on any atom is 0.277 e. The number of thioether (sulfide) groups is 1. The topological polar surface area (TPSA) is 86.5 Å². The van der Waals surface area contributed by atoms with Gasteiger partial charge in [0.15, 0.2) is 6.61 Å². The van der Waals surface area contributed by atoms with Crippen molar-refractivity contribution in [3.63, 3.8) is 0 Å². The Hall–Kier alpha value is -3.49. The number of carbonyl (C=O) groups is 1. The molecule has 0 aliphatic carbocycles. The largest absolute Gasteiger partial charge is 0.495 e. The van der Waals surface area contributed by atoms with Crippen LogP contribution in [-0.4, -0.2) is 23.2 Å². The van der Waals surface area contributed by atoms with Crippen molar-refractivity contribution >= 4 is 35.0 Å². The van der Waals surface area contributed by atoms with E-state index in [1.807, 2.05) is 67.6 Å². The van der Waals surface area contributed by atoms with Crippen LogP contribution >= 0.6 is 23.4 Å². The molecular weight excluding hydrogens is 474 g/mol. The second-order valence-electron chi connectivity index (χ2n) is 7.28. The third-order valence-corrected chi connectivity index (χ3v) is 6.21. The Labute approximate surface area is 206 Å². The Morgan fingerprint density at radius 3 is 2.59 bits per heavy atom. The third kappa shape index (κ3) is 5.89. The van der Waals surface area contributed by atoms with Gasteiger partial charge < -0.3 is 19.2 Å². The third-order valence-electron chi connectivity index (χ3n) is 4.81. The number of methoxy groups -OCH3 is 1. The van der Waals surface area contributed by atoms with E-state index in [9.17, 15) is 4.79 Å². The molecule has 1 heterocycles. The van der Waals surface area contributed by atoms with Crippen molar-refractivity contribution in [3.8, 4) is 11.5 Å². The van der Waals surface area contributed by atoms with Gasteiger partial charge >= 0.3 is 0 Å². The lowest BCUT2D eigenvalue weighted by molar-refractivity contribution is -0.115. The first-order valence-corrected chi connectivity index (χ1v) is 11.7. The molecule has 0 aliphatic heterocycles. The van der Waals surface area contributed by atoms with E-state index in [0.29, 0.717) is 22.2 Å². The molecule has 1 amide bonds. The number of nitrogens with zero attached hydrogens (tertiary/aromatic N) is 2. The van der Waals surface area contributed by atoms with E-state index in [1.54, 1.807) is 19.2 Å². The fraction of sp³-hybridized carbons (Fsp3) is 0.160. The number of ether oxygens (including phenoxy) is 2. The summed E-state index contributed by atoms with van der Waals surface area (Å²) in [6.45, 7) is 2.00. The van der Waals surface area contributed by atoms with E-state index in [4.69, 9.17) is 25.5 Å². The Morgan fingerprint density at radius 2 is 1.82 bits per heavy atom. The minimum Gasteiger partial charge on any atom is -0.495 e. The molecule has 1 atom stereocenters. The van der Waals surface area contributed by atoms with E-state index < -0.39 is 5.25 Å². The van der Waals surface area contributed by atoms with Gasteiger partial charge in [-0.25, -0.2) is 0 Å². The van der Waals surface area contributed by atoms with Crippen LogP contribution < -0.4 is 14.8 Å². The lowest BCUT2D eigenvalue weighted by Gasteiger charge is -2.17. The maximum atomic E-state index is 13.3. The van der Waals surface area contributed by atoms with Gasteiger partial charge in [-0.05, 0) is 54.1 Å². The van der Waals surface area contributed by atoms with Gasteiger partial charge in [-0.3, -0.25) is 4.79 Å². The minimum atomic E-state index is -0.635. The predicted molar refractivity (Wildman–Crippen MR) is 131 cm³/mol. The standard InChI is InChI=1S/C25H22ClN3O4S/c1-16-12-13-21(31-2)19(14-16)27-24(30)23(17-8-4-3-5-9-17)34-25-29-28-22(33-25)15-32-20-11-7-6-10-18(20)26/h3-14,23H,15H2,1-2H3,(H,27,30). The van der Waals surface area contributed by atoms with E-state index >= 15 is 0 Å². The van der Waals surface area contributed by atoms with Crippen LogP contribution in [0, 0.1) is 6.92 Å². The molecule has 0 radical (unpaired) electrons. The van der Waals surface area contributed by atoms with Crippen LogP contribution in [0.15, 0.2) is 82.4 Å². The van der Waals surface area contributed by atoms with Crippen LogP contribution in [-0.2, 0) is 11.4 Å². The number of nitrogens with one attached hydrogen (secondary N) is 1. The number of aromatic nitrogens is 2. The van der Waals surface area contributed by atoms with Crippen LogP contribution in [0.3, 0.4) is 0 Å². The molecule has 0 bridgehead atoms. The summed E-state index contributed by atoms with van der Waals surface area (Å²) in [5.74, 6) is 1.12. The number of hydrogen-bond donors (Lipinski definition) is 1. The van der Waals surface area contributed by atoms with E-state index in [1.165, 1.54) is 0 Å². The van der Waals surface area contributed by atoms with E-state index in [-0.39, 0.29) is 23.6 Å². The Bertz CT molecular complexity index is 1270. The van der Waals surface area contributed by atoms with Crippen molar-refractivity contribution < 1.29 is 18.7 Å². The van der Waals surface area contributed by atoms with Crippen LogP contribution in [0.2, 0.25) is 5.02 Å². The highest BCUT2D eigenvalue weighted by Gasteiger charge is 2.26. The zero-order valence-electron chi connectivity index (χ0n) is 18.5. The summed E-state index contributed by atoms with van der Waals surface area (Å²) < 4.78 is 16.8. The molecule has 1 aromatic heterocycles. The van der Waals surface area contributed by atoms with Gasteiger partial charge in [-0.15, -0.1) is 10.2 Å². The number of aryl methyl sites for hydroxylation is 1. The molecule has 1 unspecified atom stereocenters. The molecule has 4 aromatic rings. The minimum absolute atomic E-state index is 0.0555. The Morgan fingerprint density at radius 1 is 1.06 bits per heavy atom. The van der Waals surface area contributed by atoms with Gasteiger partial charge in [0.25, 0.3) is 11.1 Å². The van der Waals surface area contributed by atoms with Crippen molar-refractivity contribution in [2.45, 2.75) is 24.0 Å². The molecule has 0 aliphatic rings. The number of halogens is 1. The smallest absolute Gasteiger partial charge is 0.277 e. The highest BCUT2D eigenvalue weighted by molar-refractivity contribution is 8.00. The summed E-state index contributed by atoms with van der Waals surface area (Å²) in [6.07, 6.45) is 0. The molecule has 0 fully saturated rings. The second kappa shape index (κ2) is 11.1. The summed E-state index contributed by atoms with van der Waals surface area (Å²) in [6, 6.07) is 22.1. The first-order chi connectivity index (χ1) is 16.5. The molecule has 9 heteroatoms. The number of rotatable bonds is 9. The van der Waals surface area contributed by atoms with Gasteiger partial charge in [0.1, 0.15) is 16.7 Å². The number of amides is 1. The van der Waals surface area contributed by atoms with Gasteiger partial charge in [-0.1, -0.05) is 60.1 Å². The second-order valence-corrected chi connectivity index (χ2v) is 8.75. The monoisotopic (exact) mass is 495 g/mol. The summed E-state index contributed by atoms with van der Waals surface area (Å²) in [7, 11) is 1.56. The van der Waals surface area contributed by atoms with Crippen molar-refractivity contribution in [2.75, 3.05) is 12.4 Å². The normalized spacial score (nSPS) is 11.6. The van der Waals surface area contributed by atoms with Crippen molar-refractivity contribution in [2.24, 2.45) is 0 Å². The highest BCUT2D eigenvalue weighted by atomic mass is 35.5. The first kappa shape index (κ1) is 23.7. The van der Waals surface area contributed by atoms with E-state index in [2.05, 4.69) is 15.5 Å². The molecule has 0 saturated heterocycles. The number of carbonyl (C=O) groups excluding carboxylic acids is 1. The van der Waals surface area contributed by atoms with E-state index in [0.717, 1.165) is 22.9 Å². The Kier molecular flexibility index (Phi) is 7.72. The van der Waals surface area contributed by atoms with Gasteiger partial charge in [-0.2, -0.15) is 0 Å². The predicted octanol–water partition coefficient (Wildman–Crippen LogP) is 6.09. The molecule has 4 rings (SSSR count). The number of hydrogen-bond acceptors (Lipinski definition) is 7. The first-order valence-electron chi connectivity index (χ1n) is 10.4. The SMILES string of the molecule is COc1ccc(C)cc1NC(=O)C(Sc1nnc(COc2ccccc2Cl)o1)c1ccccc1. The number of anilines is 1. The van der Waals surface area contributed by atoms with Crippen LogP contribution in [0.4, 0.5) is 5.69 Å². The molecule has 174 valence electrons. The molecule has 0 spiro atoms. The molecule has 0 saturated carbocycles.